The monoisotopic (exact) mass is 130 g/mol. The van der Waals surface area contributed by atoms with Gasteiger partial charge in [0.1, 0.15) is 5.60 Å². The minimum Gasteiger partial charge on any atom is -0.386 e. The standard InChI is InChI=1S/C6H14N2O/c1-2-7-3-6(9)4-8-5-6/h7-9H,2-5H2,1H3. The van der Waals surface area contributed by atoms with Crippen LogP contribution >= 0.6 is 0 Å². The summed E-state index contributed by atoms with van der Waals surface area (Å²) >= 11 is 0. The molecular weight excluding hydrogens is 116 g/mol. The van der Waals surface area contributed by atoms with Crippen LogP contribution in [0, 0.1) is 0 Å². The van der Waals surface area contributed by atoms with E-state index in [4.69, 9.17) is 0 Å². The van der Waals surface area contributed by atoms with Crippen LogP contribution in [0.2, 0.25) is 0 Å². The van der Waals surface area contributed by atoms with E-state index >= 15 is 0 Å². The molecule has 0 aromatic carbocycles. The van der Waals surface area contributed by atoms with Crippen LogP contribution in [0.1, 0.15) is 6.92 Å². The van der Waals surface area contributed by atoms with Gasteiger partial charge in [0.15, 0.2) is 0 Å². The zero-order valence-electron chi connectivity index (χ0n) is 5.78. The first kappa shape index (κ1) is 6.99. The zero-order chi connectivity index (χ0) is 6.74. The molecule has 0 atom stereocenters. The molecule has 1 rings (SSSR count). The number of rotatable bonds is 3. The molecule has 0 aliphatic carbocycles. The van der Waals surface area contributed by atoms with Gasteiger partial charge in [0, 0.05) is 19.6 Å². The fourth-order valence-corrected chi connectivity index (χ4v) is 0.896. The van der Waals surface area contributed by atoms with Gasteiger partial charge in [-0.3, -0.25) is 0 Å². The molecule has 0 amide bonds. The molecule has 0 aromatic heterocycles. The van der Waals surface area contributed by atoms with Gasteiger partial charge in [0.25, 0.3) is 0 Å². The highest BCUT2D eigenvalue weighted by atomic mass is 16.3. The Morgan fingerprint density at radius 3 is 2.67 bits per heavy atom. The zero-order valence-corrected chi connectivity index (χ0v) is 5.78. The molecule has 0 aromatic rings. The molecule has 54 valence electrons. The Morgan fingerprint density at radius 2 is 2.33 bits per heavy atom. The lowest BCUT2D eigenvalue weighted by Crippen LogP contribution is -2.64. The Morgan fingerprint density at radius 1 is 1.67 bits per heavy atom. The molecule has 1 heterocycles. The van der Waals surface area contributed by atoms with Crippen LogP contribution in [0.25, 0.3) is 0 Å². The lowest BCUT2D eigenvalue weighted by atomic mass is 9.97. The van der Waals surface area contributed by atoms with Crippen molar-refractivity contribution < 1.29 is 5.11 Å². The third kappa shape index (κ3) is 1.64. The van der Waals surface area contributed by atoms with E-state index in [1.807, 2.05) is 6.92 Å². The van der Waals surface area contributed by atoms with Gasteiger partial charge in [-0.2, -0.15) is 0 Å². The molecule has 1 fully saturated rings. The molecular formula is C6H14N2O. The highest BCUT2D eigenvalue weighted by molar-refractivity contribution is 4.93. The minimum absolute atomic E-state index is 0.448. The van der Waals surface area contributed by atoms with Gasteiger partial charge < -0.3 is 15.7 Å². The fraction of sp³-hybridized carbons (Fsp3) is 1.00. The van der Waals surface area contributed by atoms with E-state index in [2.05, 4.69) is 10.6 Å². The van der Waals surface area contributed by atoms with Crippen LogP contribution < -0.4 is 10.6 Å². The van der Waals surface area contributed by atoms with Crippen molar-refractivity contribution in [2.75, 3.05) is 26.2 Å². The SMILES string of the molecule is CCNCC1(O)CNC1. The second-order valence-corrected chi connectivity index (χ2v) is 2.61. The highest BCUT2D eigenvalue weighted by Crippen LogP contribution is 2.07. The minimum atomic E-state index is -0.448. The second kappa shape index (κ2) is 2.64. The maximum absolute atomic E-state index is 9.42. The van der Waals surface area contributed by atoms with Crippen molar-refractivity contribution in [3.05, 3.63) is 0 Å². The molecule has 0 bridgehead atoms. The topological polar surface area (TPSA) is 44.3 Å². The van der Waals surface area contributed by atoms with Gasteiger partial charge >= 0.3 is 0 Å². The van der Waals surface area contributed by atoms with E-state index in [0.717, 1.165) is 26.2 Å². The van der Waals surface area contributed by atoms with Crippen molar-refractivity contribution in [3.63, 3.8) is 0 Å². The number of nitrogens with one attached hydrogen (secondary N) is 2. The average molecular weight is 130 g/mol. The summed E-state index contributed by atoms with van der Waals surface area (Å²) in [6, 6.07) is 0. The highest BCUT2D eigenvalue weighted by Gasteiger charge is 2.33. The van der Waals surface area contributed by atoms with Gasteiger partial charge in [0.05, 0.1) is 0 Å². The molecule has 0 spiro atoms. The van der Waals surface area contributed by atoms with Gasteiger partial charge in [-0.15, -0.1) is 0 Å². The first-order chi connectivity index (χ1) is 4.27. The Hall–Kier alpha value is -0.120. The third-order valence-electron chi connectivity index (χ3n) is 1.61. The Labute approximate surface area is 55.5 Å². The van der Waals surface area contributed by atoms with Crippen molar-refractivity contribution in [1.29, 1.82) is 0 Å². The molecule has 1 aliphatic rings. The second-order valence-electron chi connectivity index (χ2n) is 2.61. The molecule has 3 nitrogen and oxygen atoms in total. The number of hydrogen-bond donors (Lipinski definition) is 3. The molecule has 1 aliphatic heterocycles. The number of hydrogen-bond acceptors (Lipinski definition) is 3. The van der Waals surface area contributed by atoms with E-state index in [9.17, 15) is 5.11 Å². The van der Waals surface area contributed by atoms with Crippen LogP contribution in [-0.2, 0) is 0 Å². The van der Waals surface area contributed by atoms with E-state index in [0.29, 0.717) is 0 Å². The van der Waals surface area contributed by atoms with E-state index in [1.165, 1.54) is 0 Å². The Kier molecular flexibility index (Phi) is 2.05. The summed E-state index contributed by atoms with van der Waals surface area (Å²) in [5, 5.41) is 15.5. The van der Waals surface area contributed by atoms with Crippen molar-refractivity contribution in [3.8, 4) is 0 Å². The van der Waals surface area contributed by atoms with E-state index in [1.54, 1.807) is 0 Å². The van der Waals surface area contributed by atoms with Gasteiger partial charge in [-0.1, -0.05) is 6.92 Å². The lowest BCUT2D eigenvalue weighted by Gasteiger charge is -2.37. The molecule has 3 heteroatoms. The van der Waals surface area contributed by atoms with Gasteiger partial charge in [-0.25, -0.2) is 0 Å². The summed E-state index contributed by atoms with van der Waals surface area (Å²) in [6.07, 6.45) is 0. The average Bonchev–Trinajstić information content (AvgIpc) is 1.79. The van der Waals surface area contributed by atoms with Gasteiger partial charge in [-0.05, 0) is 6.54 Å². The lowest BCUT2D eigenvalue weighted by molar-refractivity contribution is -0.00789. The van der Waals surface area contributed by atoms with Crippen LogP contribution in [0.15, 0.2) is 0 Å². The summed E-state index contributed by atoms with van der Waals surface area (Å²) in [7, 11) is 0. The van der Waals surface area contributed by atoms with Crippen molar-refractivity contribution in [2.45, 2.75) is 12.5 Å². The molecule has 3 N–H and O–H groups in total. The number of likely N-dealkylation sites (N-methyl/N-ethyl adjacent to an activating group) is 1. The predicted molar refractivity (Wildman–Crippen MR) is 36.4 cm³/mol. The normalized spacial score (nSPS) is 23.3. The quantitative estimate of drug-likeness (QED) is 0.456. The smallest absolute Gasteiger partial charge is 0.102 e. The van der Waals surface area contributed by atoms with Gasteiger partial charge in [0.2, 0.25) is 0 Å². The van der Waals surface area contributed by atoms with Crippen LogP contribution in [0.5, 0.6) is 0 Å². The molecule has 9 heavy (non-hydrogen) atoms. The van der Waals surface area contributed by atoms with E-state index < -0.39 is 5.60 Å². The summed E-state index contributed by atoms with van der Waals surface area (Å²) in [5.74, 6) is 0. The number of aliphatic hydroxyl groups is 1. The molecule has 0 radical (unpaired) electrons. The summed E-state index contributed by atoms with van der Waals surface area (Å²) in [5.41, 5.74) is -0.448. The Bertz CT molecular complexity index is 91.1. The van der Waals surface area contributed by atoms with E-state index in [-0.39, 0.29) is 0 Å². The fourth-order valence-electron chi connectivity index (χ4n) is 0.896. The summed E-state index contributed by atoms with van der Waals surface area (Å²) < 4.78 is 0. The summed E-state index contributed by atoms with van der Waals surface area (Å²) in [6.45, 7) is 5.16. The largest absolute Gasteiger partial charge is 0.386 e. The Balaban J connectivity index is 2.09. The predicted octanol–water partition coefficient (Wildman–Crippen LogP) is -1.07. The first-order valence-electron chi connectivity index (χ1n) is 3.41. The van der Waals surface area contributed by atoms with Crippen molar-refractivity contribution in [2.24, 2.45) is 0 Å². The third-order valence-corrected chi connectivity index (χ3v) is 1.61. The molecule has 0 unspecified atom stereocenters. The molecule has 1 saturated heterocycles. The maximum Gasteiger partial charge on any atom is 0.102 e. The molecule has 0 saturated carbocycles. The maximum atomic E-state index is 9.42. The van der Waals surface area contributed by atoms with Crippen molar-refractivity contribution in [1.82, 2.24) is 10.6 Å². The first-order valence-corrected chi connectivity index (χ1v) is 3.41. The van der Waals surface area contributed by atoms with Crippen molar-refractivity contribution >= 4 is 0 Å². The van der Waals surface area contributed by atoms with Crippen LogP contribution in [0.3, 0.4) is 0 Å². The summed E-state index contributed by atoms with van der Waals surface area (Å²) in [4.78, 5) is 0. The van der Waals surface area contributed by atoms with Crippen LogP contribution in [0.4, 0.5) is 0 Å². The van der Waals surface area contributed by atoms with Crippen LogP contribution in [-0.4, -0.2) is 36.9 Å². The number of β-amino-alcohol motifs (C(OH)–C–C–N with tert-alkyl or cyclic N) is 1.